The minimum atomic E-state index is -3.51. The molecule has 3 rings (SSSR count). The molecule has 2 aliphatic rings. The number of fused-ring (bicyclic) bond motifs is 1. The summed E-state index contributed by atoms with van der Waals surface area (Å²) in [7, 11) is -3.51. The van der Waals surface area contributed by atoms with Crippen molar-refractivity contribution in [3.05, 3.63) is 76.8 Å². The van der Waals surface area contributed by atoms with Gasteiger partial charge >= 0.3 is 0 Å². The summed E-state index contributed by atoms with van der Waals surface area (Å²) in [5, 5.41) is 0.521. The molecule has 0 aliphatic heterocycles. The summed E-state index contributed by atoms with van der Waals surface area (Å²) in [6.45, 7) is 6.89. The maximum absolute atomic E-state index is 12.4. The standard InChI is InChI=1S/C24H28ClNO2S/c1-17(2)19-6-7-21-9-8-20(24(21)15-10-19)5-4-18(3)16-26-29(27,28)23-13-11-22(25)12-14-23/h6-15,17-18,26H,4-5,16H2,1-3H3/t18-/m0/s1. The highest BCUT2D eigenvalue weighted by atomic mass is 35.5. The van der Waals surface area contributed by atoms with E-state index in [1.54, 1.807) is 12.1 Å². The second kappa shape index (κ2) is 9.29. The van der Waals surface area contributed by atoms with Crippen LogP contribution in [0.5, 0.6) is 0 Å². The van der Waals surface area contributed by atoms with E-state index in [9.17, 15) is 8.42 Å². The van der Waals surface area contributed by atoms with Gasteiger partial charge in [-0.3, -0.25) is 0 Å². The molecule has 0 aromatic heterocycles. The summed E-state index contributed by atoms with van der Waals surface area (Å²) >= 11 is 5.84. The van der Waals surface area contributed by atoms with E-state index in [-0.39, 0.29) is 10.8 Å². The molecule has 0 radical (unpaired) electrons. The Morgan fingerprint density at radius 2 is 1.55 bits per heavy atom. The van der Waals surface area contributed by atoms with Crippen LogP contribution in [-0.4, -0.2) is 15.0 Å². The van der Waals surface area contributed by atoms with Crippen LogP contribution in [0.4, 0.5) is 0 Å². The molecular formula is C24H28ClNO2S. The monoisotopic (exact) mass is 429 g/mol. The maximum Gasteiger partial charge on any atom is 0.240 e. The lowest BCUT2D eigenvalue weighted by Gasteiger charge is -2.13. The minimum Gasteiger partial charge on any atom is -0.211 e. The van der Waals surface area contributed by atoms with Crippen LogP contribution in [0.15, 0.2) is 65.6 Å². The van der Waals surface area contributed by atoms with Crippen LogP contribution in [0.3, 0.4) is 0 Å². The first-order valence-electron chi connectivity index (χ1n) is 10.0. The molecule has 1 atom stereocenters. The largest absolute Gasteiger partial charge is 0.240 e. The number of aryl methyl sites for hydroxylation is 1. The number of halogens is 1. The lowest BCUT2D eigenvalue weighted by Crippen LogP contribution is -2.28. The lowest BCUT2D eigenvalue weighted by atomic mass is 9.99. The first-order valence-corrected chi connectivity index (χ1v) is 11.9. The molecule has 0 amide bonds. The average molecular weight is 430 g/mol. The third-order valence-electron chi connectivity index (χ3n) is 5.34. The third kappa shape index (κ3) is 5.59. The molecule has 0 saturated heterocycles. The molecule has 0 bridgehead atoms. The SMILES string of the molecule is CC(C)c1ccc2ccc(CC[C@H](C)CNS(=O)(=O)c3ccc(Cl)cc3)c-2cc1. The molecular weight excluding hydrogens is 402 g/mol. The van der Waals surface area contributed by atoms with Gasteiger partial charge in [-0.1, -0.05) is 68.8 Å². The summed E-state index contributed by atoms with van der Waals surface area (Å²) in [4.78, 5) is 0.240. The summed E-state index contributed by atoms with van der Waals surface area (Å²) in [6, 6.07) is 19.4. The Kier molecular flexibility index (Phi) is 6.99. The molecule has 0 unspecified atom stereocenters. The van der Waals surface area contributed by atoms with Gasteiger partial charge in [-0.15, -0.1) is 0 Å². The first-order chi connectivity index (χ1) is 13.8. The van der Waals surface area contributed by atoms with Crippen LogP contribution in [0.25, 0.3) is 11.1 Å². The molecule has 2 aliphatic carbocycles. The second-order valence-corrected chi connectivity index (χ2v) is 10.2. The van der Waals surface area contributed by atoms with Gasteiger partial charge in [-0.05, 0) is 71.2 Å². The van der Waals surface area contributed by atoms with Gasteiger partial charge in [0, 0.05) is 11.6 Å². The molecule has 154 valence electrons. The molecule has 0 fully saturated rings. The Morgan fingerprint density at radius 1 is 0.897 bits per heavy atom. The molecule has 1 N–H and O–H groups in total. The van der Waals surface area contributed by atoms with Crippen molar-refractivity contribution < 1.29 is 8.42 Å². The fourth-order valence-corrected chi connectivity index (χ4v) is 4.67. The number of rotatable bonds is 8. The van der Waals surface area contributed by atoms with Crippen molar-refractivity contribution in [2.45, 2.75) is 44.4 Å². The normalized spacial score (nSPS) is 13.1. The molecule has 29 heavy (non-hydrogen) atoms. The number of hydrogen-bond acceptors (Lipinski definition) is 2. The highest BCUT2D eigenvalue weighted by Gasteiger charge is 2.16. The Labute approximate surface area is 179 Å². The zero-order valence-electron chi connectivity index (χ0n) is 17.2. The number of sulfonamides is 1. The van der Waals surface area contributed by atoms with Gasteiger partial charge in [0.25, 0.3) is 0 Å². The fourth-order valence-electron chi connectivity index (χ4n) is 3.38. The van der Waals surface area contributed by atoms with Gasteiger partial charge in [-0.25, -0.2) is 13.1 Å². The van der Waals surface area contributed by atoms with Gasteiger partial charge in [0.05, 0.1) is 4.90 Å². The van der Waals surface area contributed by atoms with Crippen LogP contribution < -0.4 is 4.72 Å². The van der Waals surface area contributed by atoms with E-state index < -0.39 is 10.0 Å². The molecule has 5 heteroatoms. The van der Waals surface area contributed by atoms with Crippen molar-refractivity contribution in [2.24, 2.45) is 5.92 Å². The van der Waals surface area contributed by atoms with Crippen LogP contribution in [0.2, 0.25) is 5.02 Å². The van der Waals surface area contributed by atoms with Crippen LogP contribution >= 0.6 is 11.6 Å². The Balaban J connectivity index is 1.59. The lowest BCUT2D eigenvalue weighted by molar-refractivity contribution is 0.510. The van der Waals surface area contributed by atoms with Crippen molar-refractivity contribution in [3.8, 4) is 11.1 Å². The van der Waals surface area contributed by atoms with E-state index in [2.05, 4.69) is 61.9 Å². The van der Waals surface area contributed by atoms with E-state index in [0.29, 0.717) is 17.5 Å². The summed E-state index contributed by atoms with van der Waals surface area (Å²) in [5.74, 6) is 0.731. The molecule has 1 aromatic rings. The van der Waals surface area contributed by atoms with Crippen molar-refractivity contribution in [1.29, 1.82) is 0 Å². The van der Waals surface area contributed by atoms with Crippen LogP contribution in [-0.2, 0) is 16.4 Å². The maximum atomic E-state index is 12.4. The van der Waals surface area contributed by atoms with E-state index in [1.807, 2.05) is 0 Å². The molecule has 0 saturated carbocycles. The van der Waals surface area contributed by atoms with Crippen molar-refractivity contribution in [1.82, 2.24) is 4.72 Å². The molecule has 3 nitrogen and oxygen atoms in total. The number of nitrogens with one attached hydrogen (secondary N) is 1. The summed E-state index contributed by atoms with van der Waals surface area (Å²) in [6.07, 6.45) is 1.84. The van der Waals surface area contributed by atoms with E-state index in [4.69, 9.17) is 11.6 Å². The zero-order chi connectivity index (χ0) is 21.0. The van der Waals surface area contributed by atoms with Crippen molar-refractivity contribution >= 4 is 21.6 Å². The smallest absolute Gasteiger partial charge is 0.211 e. The summed E-state index contributed by atoms with van der Waals surface area (Å²) < 4.78 is 27.6. The van der Waals surface area contributed by atoms with E-state index >= 15 is 0 Å². The number of hydrogen-bond donors (Lipinski definition) is 1. The Bertz CT molecular complexity index is 1030. The van der Waals surface area contributed by atoms with E-state index in [0.717, 1.165) is 12.8 Å². The summed E-state index contributed by atoms with van der Waals surface area (Å²) in [5.41, 5.74) is 5.18. The van der Waals surface area contributed by atoms with Crippen LogP contribution in [0, 0.1) is 5.92 Å². The topological polar surface area (TPSA) is 46.2 Å². The van der Waals surface area contributed by atoms with Gasteiger partial charge in [0.1, 0.15) is 0 Å². The zero-order valence-corrected chi connectivity index (χ0v) is 18.7. The average Bonchev–Trinajstić information content (AvgIpc) is 2.93. The molecule has 1 aromatic carbocycles. The van der Waals surface area contributed by atoms with Gasteiger partial charge < -0.3 is 0 Å². The molecule has 0 heterocycles. The second-order valence-electron chi connectivity index (χ2n) is 8.00. The third-order valence-corrected chi connectivity index (χ3v) is 7.03. The van der Waals surface area contributed by atoms with Gasteiger partial charge in [0.15, 0.2) is 0 Å². The molecule has 0 spiro atoms. The van der Waals surface area contributed by atoms with Crippen LogP contribution in [0.1, 0.15) is 44.2 Å². The van der Waals surface area contributed by atoms with Gasteiger partial charge in [0.2, 0.25) is 10.0 Å². The Hall–Kier alpha value is -1.88. The van der Waals surface area contributed by atoms with Crippen molar-refractivity contribution in [2.75, 3.05) is 6.54 Å². The minimum absolute atomic E-state index is 0.228. The quantitative estimate of drug-likeness (QED) is 0.469. The van der Waals surface area contributed by atoms with E-state index in [1.165, 1.54) is 34.4 Å². The Morgan fingerprint density at radius 3 is 2.24 bits per heavy atom. The van der Waals surface area contributed by atoms with Crippen molar-refractivity contribution in [3.63, 3.8) is 0 Å². The number of benzene rings is 1. The first kappa shape index (κ1) is 21.8. The van der Waals surface area contributed by atoms with Gasteiger partial charge in [-0.2, -0.15) is 0 Å². The predicted molar refractivity (Wildman–Crippen MR) is 121 cm³/mol. The highest BCUT2D eigenvalue weighted by Crippen LogP contribution is 2.30. The predicted octanol–water partition coefficient (Wildman–Crippen LogP) is 6.12. The highest BCUT2D eigenvalue weighted by molar-refractivity contribution is 7.89. The fraction of sp³-hybridized carbons (Fsp3) is 0.333.